The summed E-state index contributed by atoms with van der Waals surface area (Å²) in [7, 11) is 0. The average Bonchev–Trinajstić information content (AvgIpc) is 3.40. The Balaban J connectivity index is 0.00000172. The number of allylic oxidation sites excluding steroid dienone is 1. The number of nitrogens with one attached hydrogen (secondary N) is 1. The van der Waals surface area contributed by atoms with Crippen LogP contribution in [-0.4, -0.2) is 75.6 Å². The predicted molar refractivity (Wildman–Crippen MR) is 146 cm³/mol. The molecule has 0 amide bonds. The van der Waals surface area contributed by atoms with Gasteiger partial charge in [-0.1, -0.05) is 68.0 Å². The van der Waals surface area contributed by atoms with Gasteiger partial charge in [0.25, 0.3) is 5.97 Å². The summed E-state index contributed by atoms with van der Waals surface area (Å²) < 4.78 is 0. The highest BCUT2D eigenvalue weighted by molar-refractivity contribution is 5.80. The maximum Gasteiger partial charge on any atom is 0.280 e. The maximum absolute atomic E-state index is 10.3. The second-order valence-corrected chi connectivity index (χ2v) is 8.47. The van der Waals surface area contributed by atoms with Gasteiger partial charge in [-0.3, -0.25) is 5.10 Å². The number of hydrogen-bond acceptors (Lipinski definition) is 9. The van der Waals surface area contributed by atoms with Gasteiger partial charge < -0.3 is 35.5 Å². The molecule has 10 nitrogen and oxygen atoms in total. The van der Waals surface area contributed by atoms with Gasteiger partial charge in [-0.15, -0.1) is 12.8 Å². The summed E-state index contributed by atoms with van der Waals surface area (Å²) in [5, 5.41) is 64.7. The Labute approximate surface area is 223 Å². The van der Waals surface area contributed by atoms with Crippen molar-refractivity contribution < 1.29 is 30.6 Å². The number of rotatable bonds is 10. The monoisotopic (exact) mass is 526 g/mol. The topological polar surface area (TPSA) is 166 Å². The van der Waals surface area contributed by atoms with Crippen molar-refractivity contribution in [1.82, 2.24) is 20.1 Å². The molecule has 0 saturated carbocycles. The van der Waals surface area contributed by atoms with Gasteiger partial charge in [0.1, 0.15) is 6.33 Å². The third-order valence-corrected chi connectivity index (χ3v) is 5.31. The largest absolute Gasteiger partial charge is 0.390 e. The second kappa shape index (κ2) is 15.0. The fourth-order valence-electron chi connectivity index (χ4n) is 3.85. The van der Waals surface area contributed by atoms with E-state index in [0.29, 0.717) is 11.5 Å². The highest BCUT2D eigenvalue weighted by Gasteiger charge is 2.37. The zero-order valence-corrected chi connectivity index (χ0v) is 22.2. The van der Waals surface area contributed by atoms with Crippen LogP contribution < -0.4 is 0 Å². The molecule has 0 fully saturated rings. The lowest BCUT2D eigenvalue weighted by Crippen LogP contribution is -2.49. The number of terminal acetylenes is 1. The van der Waals surface area contributed by atoms with Gasteiger partial charge in [0.15, 0.2) is 11.6 Å². The van der Waals surface area contributed by atoms with E-state index < -0.39 is 24.7 Å². The van der Waals surface area contributed by atoms with E-state index >= 15 is 0 Å². The molecular weight excluding hydrogens is 488 g/mol. The van der Waals surface area contributed by atoms with Crippen molar-refractivity contribution >= 4 is 0 Å². The molecule has 1 heterocycles. The van der Waals surface area contributed by atoms with Crippen molar-refractivity contribution in [2.75, 3.05) is 13.2 Å². The standard InChI is InChI=1S/C24H30N4O6.C2H6.C2H2/c1-16(2)21(12-29)28(14-23(30,31)13-24(32,33)34)11-17-7-9-18(10-8-17)19-5-3-4-6-20(19)22-25-15-26-27-22;2*1-2/h3-10,15,29-34H,11-14H2,1-2H3,(H,25,26,27);1-2H3;1-2H. The third-order valence-electron chi connectivity index (χ3n) is 5.31. The van der Waals surface area contributed by atoms with Gasteiger partial charge in [0.2, 0.25) is 0 Å². The van der Waals surface area contributed by atoms with Crippen LogP contribution in [0.2, 0.25) is 0 Å². The van der Waals surface area contributed by atoms with E-state index in [1.165, 1.54) is 11.2 Å². The Hall–Kier alpha value is -3.56. The van der Waals surface area contributed by atoms with Crippen LogP contribution in [0.3, 0.4) is 0 Å². The fraction of sp³-hybridized carbons (Fsp3) is 0.357. The van der Waals surface area contributed by atoms with Gasteiger partial charge in [0.05, 0.1) is 19.6 Å². The van der Waals surface area contributed by atoms with E-state index in [1.807, 2.05) is 62.4 Å². The molecule has 0 aliphatic heterocycles. The Morgan fingerprint density at radius 2 is 1.50 bits per heavy atom. The summed E-state index contributed by atoms with van der Waals surface area (Å²) >= 11 is 0. The summed E-state index contributed by atoms with van der Waals surface area (Å²) in [6.07, 6.45) is 8.33. The summed E-state index contributed by atoms with van der Waals surface area (Å²) in [5.74, 6) is -5.24. The van der Waals surface area contributed by atoms with Gasteiger partial charge in [-0.25, -0.2) is 4.98 Å². The lowest BCUT2D eigenvalue weighted by Gasteiger charge is -2.35. The summed E-state index contributed by atoms with van der Waals surface area (Å²) in [4.78, 5) is 5.76. The van der Waals surface area contributed by atoms with Gasteiger partial charge in [-0.2, -0.15) is 5.10 Å². The van der Waals surface area contributed by atoms with Crippen molar-refractivity contribution in [3.63, 3.8) is 0 Å². The Morgan fingerprint density at radius 3 is 1.97 bits per heavy atom. The molecule has 3 aromatic rings. The first kappa shape index (κ1) is 32.5. The Bertz CT molecular complexity index is 1150. The van der Waals surface area contributed by atoms with E-state index in [9.17, 15) is 30.6 Å². The van der Waals surface area contributed by atoms with Crippen LogP contribution in [0, 0.1) is 12.8 Å². The first-order chi connectivity index (χ1) is 18.0. The molecule has 3 rings (SSSR count). The van der Waals surface area contributed by atoms with Crippen molar-refractivity contribution in [2.45, 2.75) is 52.4 Å². The first-order valence-corrected chi connectivity index (χ1v) is 12.0. The molecule has 0 saturated heterocycles. The molecule has 38 heavy (non-hydrogen) atoms. The highest BCUT2D eigenvalue weighted by atomic mass is 16.7. The van der Waals surface area contributed by atoms with Crippen LogP contribution in [0.25, 0.3) is 22.5 Å². The van der Waals surface area contributed by atoms with Crippen LogP contribution in [0.4, 0.5) is 0 Å². The molecule has 0 aliphatic carbocycles. The molecule has 0 radical (unpaired) electrons. The van der Waals surface area contributed by atoms with Crippen LogP contribution in [0.5, 0.6) is 0 Å². The zero-order chi connectivity index (χ0) is 28.9. The lowest BCUT2D eigenvalue weighted by molar-refractivity contribution is -0.353. The number of hydrogen-bond donors (Lipinski definition) is 7. The summed E-state index contributed by atoms with van der Waals surface area (Å²) in [6, 6.07) is 15.4. The number of aromatic nitrogens is 3. The molecular formula is C28H38N4O6. The molecule has 2 aromatic carbocycles. The van der Waals surface area contributed by atoms with E-state index in [-0.39, 0.29) is 13.2 Å². The number of H-pyrrole nitrogens is 1. The third kappa shape index (κ3) is 9.72. The zero-order valence-electron chi connectivity index (χ0n) is 22.2. The van der Waals surface area contributed by atoms with E-state index in [0.717, 1.165) is 27.8 Å². The SMILES string of the molecule is C#C.CC.CC(C)=C(CO)N(Cc1ccc(-c2ccccc2-c2ncn[nH]2)cc1)CC(O)(O)CC(O)(O)O. The fourth-order valence-corrected chi connectivity index (χ4v) is 3.85. The van der Waals surface area contributed by atoms with Crippen molar-refractivity contribution in [1.29, 1.82) is 0 Å². The summed E-state index contributed by atoms with van der Waals surface area (Å²) in [6.45, 7) is 6.90. The number of aliphatic hydroxyl groups excluding tert-OH is 1. The van der Waals surface area contributed by atoms with Crippen LogP contribution in [-0.2, 0) is 6.54 Å². The van der Waals surface area contributed by atoms with E-state index in [1.54, 1.807) is 13.8 Å². The minimum atomic E-state index is -3.25. The van der Waals surface area contributed by atoms with Gasteiger partial charge in [-0.05, 0) is 30.5 Å². The number of benzene rings is 2. The molecule has 10 heteroatoms. The number of aliphatic hydroxyl groups is 6. The van der Waals surface area contributed by atoms with E-state index in [2.05, 4.69) is 28.0 Å². The summed E-state index contributed by atoms with van der Waals surface area (Å²) in [5.41, 5.74) is 4.80. The first-order valence-electron chi connectivity index (χ1n) is 12.0. The normalized spacial score (nSPS) is 10.9. The molecule has 0 atom stereocenters. The second-order valence-electron chi connectivity index (χ2n) is 8.47. The Morgan fingerprint density at radius 1 is 0.921 bits per heavy atom. The minimum Gasteiger partial charge on any atom is -0.390 e. The van der Waals surface area contributed by atoms with Gasteiger partial charge >= 0.3 is 0 Å². The molecule has 0 aliphatic rings. The molecule has 0 spiro atoms. The van der Waals surface area contributed by atoms with Crippen molar-refractivity contribution in [3.8, 4) is 35.4 Å². The molecule has 1 aromatic heterocycles. The maximum atomic E-state index is 10.3. The lowest BCUT2D eigenvalue weighted by atomic mass is 9.98. The average molecular weight is 527 g/mol. The van der Waals surface area contributed by atoms with Crippen LogP contribution >= 0.6 is 0 Å². The Kier molecular flexibility index (Phi) is 12.8. The van der Waals surface area contributed by atoms with Crippen LogP contribution in [0.1, 0.15) is 39.7 Å². The van der Waals surface area contributed by atoms with Crippen molar-refractivity contribution in [2.24, 2.45) is 0 Å². The van der Waals surface area contributed by atoms with E-state index in [4.69, 9.17) is 0 Å². The molecule has 0 bridgehead atoms. The van der Waals surface area contributed by atoms with Crippen LogP contribution in [0.15, 0.2) is 66.1 Å². The predicted octanol–water partition coefficient (Wildman–Crippen LogP) is 2.20. The quantitative estimate of drug-likeness (QED) is 0.155. The smallest absolute Gasteiger partial charge is 0.280 e. The molecule has 206 valence electrons. The number of aromatic amines is 1. The molecule has 7 N–H and O–H groups in total. The molecule has 0 unspecified atom stereocenters. The van der Waals surface area contributed by atoms with Crippen molar-refractivity contribution in [3.05, 3.63) is 71.7 Å². The van der Waals surface area contributed by atoms with Gasteiger partial charge in [0, 0.05) is 17.8 Å². The minimum absolute atomic E-state index is 0.198. The number of nitrogens with zero attached hydrogens (tertiary/aromatic N) is 3. The highest BCUT2D eigenvalue weighted by Crippen LogP contribution is 2.30.